The molecule has 5 rings (SSSR count). The first-order valence-corrected chi connectivity index (χ1v) is 13.1. The Morgan fingerprint density at radius 2 is 1.74 bits per heavy atom. The van der Waals surface area contributed by atoms with Crippen molar-refractivity contribution < 1.29 is 4.79 Å². The summed E-state index contributed by atoms with van der Waals surface area (Å²) < 4.78 is 2.14. The molecular weight excluding hydrogens is 418 g/mol. The quantitative estimate of drug-likeness (QED) is 0.467. The van der Waals surface area contributed by atoms with Crippen molar-refractivity contribution in [2.75, 3.05) is 0 Å². The van der Waals surface area contributed by atoms with E-state index in [9.17, 15) is 4.79 Å². The van der Waals surface area contributed by atoms with Gasteiger partial charge < -0.3 is 5.32 Å². The van der Waals surface area contributed by atoms with Crippen molar-refractivity contribution in [3.05, 3.63) is 77.0 Å². The Hall–Kier alpha value is -2.88. The van der Waals surface area contributed by atoms with Gasteiger partial charge in [-0.05, 0) is 57.4 Å². The lowest BCUT2D eigenvalue weighted by Crippen LogP contribution is -2.42. The number of carbonyl (C=O) groups excluding carboxylic acids is 1. The van der Waals surface area contributed by atoms with Gasteiger partial charge in [0.05, 0.1) is 23.9 Å². The molecule has 2 atom stereocenters. The molecule has 4 heteroatoms. The molecule has 1 N–H and O–H groups in total. The second-order valence-electron chi connectivity index (χ2n) is 10.4. The molecule has 0 spiro atoms. The number of rotatable bonds is 6. The molecule has 2 aromatic carbocycles. The van der Waals surface area contributed by atoms with Crippen LogP contribution in [0.3, 0.4) is 0 Å². The number of carbonyl (C=O) groups is 1. The van der Waals surface area contributed by atoms with Crippen molar-refractivity contribution in [1.82, 2.24) is 15.1 Å². The zero-order chi connectivity index (χ0) is 23.5. The van der Waals surface area contributed by atoms with E-state index < -0.39 is 0 Å². The number of aryl methyl sites for hydroxylation is 1. The minimum Gasteiger partial charge on any atom is -0.353 e. The maximum absolute atomic E-state index is 13.5. The lowest BCUT2D eigenvalue weighted by atomic mass is 9.83. The summed E-state index contributed by atoms with van der Waals surface area (Å²) in [6, 6.07) is 19.5. The van der Waals surface area contributed by atoms with Crippen LogP contribution in [0.15, 0.2) is 54.6 Å². The van der Waals surface area contributed by atoms with E-state index in [-0.39, 0.29) is 17.9 Å². The van der Waals surface area contributed by atoms with Gasteiger partial charge in [0.1, 0.15) is 0 Å². The molecular formula is C30H37N3O. The Kier molecular flexibility index (Phi) is 6.85. The van der Waals surface area contributed by atoms with Crippen LogP contribution >= 0.6 is 0 Å². The maximum Gasteiger partial charge on any atom is 0.229 e. The highest BCUT2D eigenvalue weighted by Crippen LogP contribution is 2.38. The van der Waals surface area contributed by atoms with Crippen molar-refractivity contribution in [3.8, 4) is 11.3 Å². The summed E-state index contributed by atoms with van der Waals surface area (Å²) in [4.78, 5) is 13.5. The molecule has 3 aromatic rings. The topological polar surface area (TPSA) is 46.9 Å². The first kappa shape index (κ1) is 22.9. The molecule has 1 heterocycles. The summed E-state index contributed by atoms with van der Waals surface area (Å²) in [5, 5.41) is 8.52. The van der Waals surface area contributed by atoms with Crippen LogP contribution < -0.4 is 5.32 Å². The fourth-order valence-electron chi connectivity index (χ4n) is 5.90. The highest BCUT2D eigenvalue weighted by Gasteiger charge is 2.34. The van der Waals surface area contributed by atoms with E-state index in [1.54, 1.807) is 0 Å². The molecule has 4 nitrogen and oxygen atoms in total. The van der Waals surface area contributed by atoms with Crippen LogP contribution in [0.25, 0.3) is 11.3 Å². The fourth-order valence-corrected chi connectivity index (χ4v) is 5.90. The van der Waals surface area contributed by atoms with Crippen LogP contribution in [0.5, 0.6) is 0 Å². The van der Waals surface area contributed by atoms with Crippen LogP contribution in [0.1, 0.15) is 80.2 Å². The van der Waals surface area contributed by atoms with Gasteiger partial charge in [-0.1, -0.05) is 79.4 Å². The van der Waals surface area contributed by atoms with E-state index in [0.29, 0.717) is 12.5 Å². The molecule has 1 fully saturated rings. The van der Waals surface area contributed by atoms with E-state index >= 15 is 0 Å². The Labute approximate surface area is 203 Å². The third-order valence-corrected chi connectivity index (χ3v) is 7.87. The average Bonchev–Trinajstić information content (AvgIpc) is 3.23. The third kappa shape index (κ3) is 4.82. The van der Waals surface area contributed by atoms with Crippen molar-refractivity contribution in [1.29, 1.82) is 0 Å². The van der Waals surface area contributed by atoms with Gasteiger partial charge in [0.15, 0.2) is 0 Å². The Balaban J connectivity index is 1.47. The Morgan fingerprint density at radius 1 is 1.00 bits per heavy atom. The summed E-state index contributed by atoms with van der Waals surface area (Å²) in [6.45, 7) is 5.03. The summed E-state index contributed by atoms with van der Waals surface area (Å²) >= 11 is 0. The summed E-state index contributed by atoms with van der Waals surface area (Å²) in [6.07, 6.45) is 9.29. The summed E-state index contributed by atoms with van der Waals surface area (Å²) in [7, 11) is 0. The predicted molar refractivity (Wildman–Crippen MR) is 138 cm³/mol. The molecule has 178 valence electrons. The number of amides is 1. The van der Waals surface area contributed by atoms with Gasteiger partial charge in [0.2, 0.25) is 5.91 Å². The van der Waals surface area contributed by atoms with Crippen molar-refractivity contribution in [3.63, 3.8) is 0 Å². The number of aromatic nitrogens is 2. The smallest absolute Gasteiger partial charge is 0.229 e. The molecule has 0 saturated heterocycles. The van der Waals surface area contributed by atoms with E-state index in [4.69, 9.17) is 5.10 Å². The molecule has 34 heavy (non-hydrogen) atoms. The Morgan fingerprint density at radius 3 is 2.47 bits per heavy atom. The predicted octanol–water partition coefficient (Wildman–Crippen LogP) is 6.41. The summed E-state index contributed by atoms with van der Waals surface area (Å²) in [5.41, 5.74) is 7.09. The minimum atomic E-state index is -0.156. The van der Waals surface area contributed by atoms with Crippen LogP contribution in [0, 0.1) is 12.8 Å². The van der Waals surface area contributed by atoms with Gasteiger partial charge in [-0.3, -0.25) is 9.48 Å². The van der Waals surface area contributed by atoms with E-state index in [0.717, 1.165) is 25.0 Å². The van der Waals surface area contributed by atoms with Crippen LogP contribution in [-0.4, -0.2) is 21.7 Å². The molecule has 1 aromatic heterocycles. The van der Waals surface area contributed by atoms with E-state index in [1.807, 2.05) is 6.07 Å². The number of nitrogens with zero attached hydrogens (tertiary/aromatic N) is 2. The molecule has 2 aliphatic carbocycles. The highest BCUT2D eigenvalue weighted by molar-refractivity contribution is 5.85. The molecule has 0 bridgehead atoms. The zero-order valence-corrected chi connectivity index (χ0v) is 20.6. The van der Waals surface area contributed by atoms with Crippen molar-refractivity contribution in [2.24, 2.45) is 5.92 Å². The average molecular weight is 456 g/mol. The number of hydrogen-bond donors (Lipinski definition) is 1. The van der Waals surface area contributed by atoms with Gasteiger partial charge in [-0.2, -0.15) is 5.10 Å². The van der Waals surface area contributed by atoms with Crippen LogP contribution in [0.4, 0.5) is 0 Å². The normalized spacial score (nSPS) is 19.4. The first-order valence-electron chi connectivity index (χ1n) is 13.1. The fraction of sp³-hybridized carbons (Fsp3) is 0.467. The number of hydrogen-bond acceptors (Lipinski definition) is 2. The van der Waals surface area contributed by atoms with E-state index in [1.165, 1.54) is 60.1 Å². The third-order valence-electron chi connectivity index (χ3n) is 7.87. The van der Waals surface area contributed by atoms with Gasteiger partial charge in [-0.25, -0.2) is 0 Å². The molecule has 0 radical (unpaired) electrons. The number of nitrogens with one attached hydrogen (secondary N) is 1. The van der Waals surface area contributed by atoms with Gasteiger partial charge in [0.25, 0.3) is 0 Å². The standard InChI is InChI=1S/C30H37N3O/c1-21-16-18-25(19-17-21)29-26-14-9-15-27(30(34)31-22(2)24-12-7-4-8-13-24)28(26)32-33(29)20-23-10-5-3-6-11-23/h3,5-6,10-11,16-19,22,24,27H,4,7-9,12-15,20H2,1-2H3,(H,31,34). The van der Waals surface area contributed by atoms with Gasteiger partial charge in [-0.15, -0.1) is 0 Å². The van der Waals surface area contributed by atoms with Gasteiger partial charge >= 0.3 is 0 Å². The van der Waals surface area contributed by atoms with E-state index in [2.05, 4.69) is 72.4 Å². The molecule has 1 saturated carbocycles. The number of fused-ring (bicyclic) bond motifs is 1. The zero-order valence-electron chi connectivity index (χ0n) is 20.6. The minimum absolute atomic E-state index is 0.156. The first-order chi connectivity index (χ1) is 16.6. The molecule has 1 amide bonds. The Bertz CT molecular complexity index is 1110. The highest BCUT2D eigenvalue weighted by atomic mass is 16.2. The van der Waals surface area contributed by atoms with Crippen LogP contribution in [0.2, 0.25) is 0 Å². The monoisotopic (exact) mass is 455 g/mol. The van der Waals surface area contributed by atoms with Crippen molar-refractivity contribution >= 4 is 5.91 Å². The lowest BCUT2D eigenvalue weighted by Gasteiger charge is -2.30. The maximum atomic E-state index is 13.5. The van der Waals surface area contributed by atoms with Gasteiger partial charge in [0, 0.05) is 17.2 Å². The molecule has 0 aliphatic heterocycles. The largest absolute Gasteiger partial charge is 0.353 e. The molecule has 2 aliphatic rings. The second-order valence-corrected chi connectivity index (χ2v) is 10.4. The second kappa shape index (κ2) is 10.2. The van der Waals surface area contributed by atoms with Crippen molar-refractivity contribution in [2.45, 2.75) is 83.7 Å². The number of benzene rings is 2. The SMILES string of the molecule is Cc1ccc(-c2c3c(nn2Cc2ccccc2)C(C(=O)NC(C)C2CCCCC2)CCC3)cc1. The van der Waals surface area contributed by atoms with Crippen LogP contribution in [-0.2, 0) is 17.8 Å². The molecule has 2 unspecified atom stereocenters. The lowest BCUT2D eigenvalue weighted by molar-refractivity contribution is -0.124. The summed E-state index contributed by atoms with van der Waals surface area (Å²) in [5.74, 6) is 0.620.